The van der Waals surface area contributed by atoms with Crippen LogP contribution in [0, 0.1) is 6.92 Å². The van der Waals surface area contributed by atoms with Gasteiger partial charge in [-0.3, -0.25) is 4.79 Å². The lowest BCUT2D eigenvalue weighted by Gasteiger charge is -2.08. The van der Waals surface area contributed by atoms with Crippen molar-refractivity contribution in [2.75, 3.05) is 0 Å². The summed E-state index contributed by atoms with van der Waals surface area (Å²) in [6.45, 7) is 1.97. The molecule has 0 amide bonds. The van der Waals surface area contributed by atoms with Crippen molar-refractivity contribution >= 4 is 39.4 Å². The number of hydrogen-bond donors (Lipinski definition) is 1. The minimum Gasteiger partial charge on any atom is -0.481 e. The Balaban J connectivity index is 1.52. The molecule has 0 saturated carbocycles. The van der Waals surface area contributed by atoms with Crippen molar-refractivity contribution in [1.29, 1.82) is 0 Å². The highest BCUT2D eigenvalue weighted by Crippen LogP contribution is 2.35. The molecule has 9 heteroatoms. The number of benzene rings is 2. The van der Waals surface area contributed by atoms with Gasteiger partial charge in [-0.15, -0.1) is 11.8 Å². The number of fused-ring (bicyclic) bond motifs is 1. The number of carbonyl (C=O) groups is 1. The van der Waals surface area contributed by atoms with E-state index in [0.29, 0.717) is 22.7 Å². The van der Waals surface area contributed by atoms with Gasteiger partial charge in [-0.2, -0.15) is 13.2 Å². The Labute approximate surface area is 196 Å². The lowest BCUT2D eigenvalue weighted by atomic mass is 10.0. The maximum Gasteiger partial charge on any atom is 0.416 e. The fourth-order valence-electron chi connectivity index (χ4n) is 3.37. The number of rotatable bonds is 7. The second kappa shape index (κ2) is 9.52. The molecule has 0 aliphatic rings. The number of pyridine rings is 1. The van der Waals surface area contributed by atoms with Crippen LogP contribution in [0.5, 0.6) is 0 Å². The Morgan fingerprint density at radius 2 is 1.85 bits per heavy atom. The maximum absolute atomic E-state index is 12.8. The fourth-order valence-corrected chi connectivity index (χ4v) is 5.31. The topological polar surface area (TPSA) is 63.1 Å². The summed E-state index contributed by atoms with van der Waals surface area (Å²) in [6, 6.07) is 12.9. The van der Waals surface area contributed by atoms with Gasteiger partial charge in [-0.05, 0) is 60.4 Å². The number of alkyl halides is 3. The van der Waals surface area contributed by atoms with E-state index in [1.54, 1.807) is 18.0 Å². The van der Waals surface area contributed by atoms with Crippen LogP contribution in [-0.4, -0.2) is 21.0 Å². The quantitative estimate of drug-likeness (QED) is 0.284. The van der Waals surface area contributed by atoms with E-state index in [9.17, 15) is 18.0 Å². The van der Waals surface area contributed by atoms with E-state index in [2.05, 4.69) is 16.0 Å². The van der Waals surface area contributed by atoms with Crippen LogP contribution in [0.15, 0.2) is 59.6 Å². The molecular weight excluding hydrogens is 469 g/mol. The third-order valence-corrected chi connectivity index (χ3v) is 7.21. The molecular formula is C24H19F3N2O2S2. The van der Waals surface area contributed by atoms with Gasteiger partial charge < -0.3 is 5.11 Å². The van der Waals surface area contributed by atoms with Gasteiger partial charge in [-0.25, -0.2) is 9.97 Å². The van der Waals surface area contributed by atoms with Crippen molar-refractivity contribution in [3.05, 3.63) is 77.0 Å². The van der Waals surface area contributed by atoms with Gasteiger partial charge in [0.15, 0.2) is 0 Å². The normalized spacial score (nSPS) is 11.8. The zero-order valence-electron chi connectivity index (χ0n) is 17.5. The molecule has 2 heterocycles. The second-order valence-electron chi connectivity index (χ2n) is 7.49. The highest BCUT2D eigenvalue weighted by molar-refractivity contribution is 7.98. The number of aryl methyl sites for hydroxylation is 2. The van der Waals surface area contributed by atoms with Gasteiger partial charge in [0.25, 0.3) is 0 Å². The molecule has 4 nitrogen and oxygen atoms in total. The van der Waals surface area contributed by atoms with E-state index < -0.39 is 17.7 Å². The Morgan fingerprint density at radius 1 is 1.09 bits per heavy atom. The molecule has 0 aliphatic carbocycles. The molecule has 1 N–H and O–H groups in total. The Morgan fingerprint density at radius 3 is 2.52 bits per heavy atom. The van der Waals surface area contributed by atoms with Gasteiger partial charge in [0.1, 0.15) is 15.4 Å². The molecule has 2 aromatic carbocycles. The van der Waals surface area contributed by atoms with Crippen molar-refractivity contribution in [3.63, 3.8) is 0 Å². The van der Waals surface area contributed by atoms with Crippen molar-refractivity contribution in [3.8, 4) is 10.6 Å². The smallest absolute Gasteiger partial charge is 0.416 e. The predicted octanol–water partition coefficient (Wildman–Crippen LogP) is 7.00. The average Bonchev–Trinajstić information content (AvgIpc) is 3.21. The summed E-state index contributed by atoms with van der Waals surface area (Å²) in [5.74, 6) is -0.156. The van der Waals surface area contributed by atoms with E-state index in [1.165, 1.54) is 23.5 Å². The first-order valence-electron chi connectivity index (χ1n) is 10.1. The Kier molecular flexibility index (Phi) is 6.71. The highest BCUT2D eigenvalue weighted by Gasteiger charge is 2.30. The third kappa shape index (κ3) is 5.54. The number of nitrogens with zero attached hydrogens (tertiary/aromatic N) is 2. The number of aliphatic carboxylic acids is 1. The van der Waals surface area contributed by atoms with Crippen molar-refractivity contribution in [2.45, 2.75) is 36.6 Å². The molecule has 0 unspecified atom stereocenters. The van der Waals surface area contributed by atoms with Crippen molar-refractivity contribution in [1.82, 2.24) is 9.97 Å². The monoisotopic (exact) mass is 488 g/mol. The predicted molar refractivity (Wildman–Crippen MR) is 125 cm³/mol. The molecule has 170 valence electrons. The lowest BCUT2D eigenvalue weighted by molar-refractivity contribution is -0.138. The summed E-state index contributed by atoms with van der Waals surface area (Å²) in [7, 11) is 0. The van der Waals surface area contributed by atoms with E-state index in [4.69, 9.17) is 5.11 Å². The molecule has 0 atom stereocenters. The second-order valence-corrected chi connectivity index (χ2v) is 9.51. The van der Waals surface area contributed by atoms with Gasteiger partial charge >= 0.3 is 12.1 Å². The van der Waals surface area contributed by atoms with Crippen LogP contribution in [0.2, 0.25) is 0 Å². The number of aromatic nitrogens is 2. The van der Waals surface area contributed by atoms with E-state index in [-0.39, 0.29) is 6.42 Å². The first-order chi connectivity index (χ1) is 15.7. The molecule has 0 spiro atoms. The van der Waals surface area contributed by atoms with Crippen LogP contribution in [-0.2, 0) is 23.1 Å². The standard InChI is InChI=1S/C24H19F3N2O2S2/c1-14-12-19(8-4-15(14)5-9-20(30)31)32-13-17-10-11-28-23-21(17)29-22(33-23)16-2-6-18(7-3-16)24(25,26)27/h2-4,6-8,10-12H,5,9,13H2,1H3,(H,30,31). The van der Waals surface area contributed by atoms with Gasteiger partial charge in [0.2, 0.25) is 0 Å². The molecule has 0 fully saturated rings. The maximum atomic E-state index is 12.8. The lowest BCUT2D eigenvalue weighted by Crippen LogP contribution is -2.03. The number of halogens is 3. The number of thioether (sulfide) groups is 1. The summed E-state index contributed by atoms with van der Waals surface area (Å²) in [4.78, 5) is 21.7. The summed E-state index contributed by atoms with van der Waals surface area (Å²) < 4.78 is 38.5. The fraction of sp³-hybridized carbons (Fsp3) is 0.208. The molecule has 4 aromatic rings. The minimum atomic E-state index is -4.37. The van der Waals surface area contributed by atoms with Gasteiger partial charge in [0.05, 0.1) is 5.56 Å². The van der Waals surface area contributed by atoms with Crippen molar-refractivity contribution in [2.24, 2.45) is 0 Å². The van der Waals surface area contributed by atoms with Crippen LogP contribution < -0.4 is 0 Å². The molecule has 2 aromatic heterocycles. The van der Waals surface area contributed by atoms with Gasteiger partial charge in [-0.1, -0.05) is 29.5 Å². The summed E-state index contributed by atoms with van der Waals surface area (Å²) in [5, 5.41) is 9.50. The van der Waals surface area contributed by atoms with Crippen LogP contribution in [0.25, 0.3) is 20.9 Å². The van der Waals surface area contributed by atoms with Gasteiger partial charge in [0, 0.05) is 28.8 Å². The molecule has 4 rings (SSSR count). The van der Waals surface area contributed by atoms with E-state index in [1.807, 2.05) is 25.1 Å². The first-order valence-corrected chi connectivity index (χ1v) is 11.9. The number of hydrogen-bond acceptors (Lipinski definition) is 5. The van der Waals surface area contributed by atoms with Crippen LogP contribution in [0.4, 0.5) is 13.2 Å². The first kappa shape index (κ1) is 23.3. The summed E-state index contributed by atoms with van der Waals surface area (Å²) >= 11 is 2.99. The number of carboxylic acid groups (broad SMARTS) is 1. The van der Waals surface area contributed by atoms with Crippen LogP contribution in [0.1, 0.15) is 28.7 Å². The zero-order chi connectivity index (χ0) is 23.6. The average molecular weight is 489 g/mol. The summed E-state index contributed by atoms with van der Waals surface area (Å²) in [5.41, 5.74) is 3.75. The zero-order valence-corrected chi connectivity index (χ0v) is 19.2. The van der Waals surface area contributed by atoms with Crippen LogP contribution in [0.3, 0.4) is 0 Å². The summed E-state index contributed by atoms with van der Waals surface area (Å²) in [6.07, 6.45) is -2.05. The SMILES string of the molecule is Cc1cc(SCc2ccnc3sc(-c4ccc(C(F)(F)F)cc4)nc23)ccc1CCC(=O)O. The molecule has 0 radical (unpaired) electrons. The van der Waals surface area contributed by atoms with Crippen LogP contribution >= 0.6 is 23.1 Å². The highest BCUT2D eigenvalue weighted by atomic mass is 32.2. The van der Waals surface area contributed by atoms with Crippen molar-refractivity contribution < 1.29 is 23.1 Å². The molecule has 0 bridgehead atoms. The minimum absolute atomic E-state index is 0.105. The largest absolute Gasteiger partial charge is 0.481 e. The molecule has 0 saturated heterocycles. The number of thiazole rings is 1. The molecule has 0 aliphatic heterocycles. The van der Waals surface area contributed by atoms with E-state index in [0.717, 1.165) is 44.1 Å². The number of carboxylic acids is 1. The Hall–Kier alpha value is -2.91. The van der Waals surface area contributed by atoms with E-state index >= 15 is 0 Å². The third-order valence-electron chi connectivity index (χ3n) is 5.16. The Bertz CT molecular complexity index is 1300. The molecule has 33 heavy (non-hydrogen) atoms.